The Balaban J connectivity index is 1.65. The summed E-state index contributed by atoms with van der Waals surface area (Å²) in [4.78, 5) is 0. The summed E-state index contributed by atoms with van der Waals surface area (Å²) in [5.41, 5.74) is 2.46. The van der Waals surface area contributed by atoms with E-state index in [0.717, 1.165) is 19.5 Å². The summed E-state index contributed by atoms with van der Waals surface area (Å²) in [7, 11) is 0. The molecule has 0 saturated carbocycles. The molecule has 0 atom stereocenters. The Morgan fingerprint density at radius 3 is 2.42 bits per heavy atom. The van der Waals surface area contributed by atoms with Crippen LogP contribution in [0.25, 0.3) is 6.08 Å². The lowest BCUT2D eigenvalue weighted by atomic mass is 10.1. The number of phenols is 1. The molecule has 98 valence electrons. The van der Waals surface area contributed by atoms with Crippen LogP contribution in [0.4, 0.5) is 0 Å². The van der Waals surface area contributed by atoms with Gasteiger partial charge in [0.05, 0.1) is 0 Å². The molecule has 0 aromatic heterocycles. The molecule has 0 fully saturated rings. The molecule has 2 aromatic carbocycles. The zero-order valence-corrected chi connectivity index (χ0v) is 10.9. The number of hydrogen-bond acceptors (Lipinski definition) is 2. The molecule has 0 saturated heterocycles. The number of aromatic hydroxyl groups is 1. The van der Waals surface area contributed by atoms with E-state index >= 15 is 0 Å². The van der Waals surface area contributed by atoms with Gasteiger partial charge in [-0.1, -0.05) is 54.6 Å². The summed E-state index contributed by atoms with van der Waals surface area (Å²) >= 11 is 0. The number of phenolic OH excluding ortho intramolecular Hbond substituents is 1. The second kappa shape index (κ2) is 7.39. The fourth-order valence-electron chi connectivity index (χ4n) is 1.84. The van der Waals surface area contributed by atoms with E-state index in [-0.39, 0.29) is 0 Å². The fraction of sp³-hybridized carbons (Fsp3) is 0.176. The highest BCUT2D eigenvalue weighted by Gasteiger charge is 1.92. The first kappa shape index (κ1) is 13.4. The van der Waals surface area contributed by atoms with Gasteiger partial charge in [0, 0.05) is 6.54 Å². The summed E-state index contributed by atoms with van der Waals surface area (Å²) in [6.07, 6.45) is 5.22. The normalized spacial score (nSPS) is 10.9. The molecule has 0 radical (unpaired) electrons. The Morgan fingerprint density at radius 2 is 1.68 bits per heavy atom. The molecule has 2 N–H and O–H groups in total. The van der Waals surface area contributed by atoms with Crippen molar-refractivity contribution in [1.29, 1.82) is 0 Å². The van der Waals surface area contributed by atoms with Gasteiger partial charge in [0.1, 0.15) is 5.75 Å². The maximum atomic E-state index is 9.18. The predicted molar refractivity (Wildman–Crippen MR) is 80.2 cm³/mol. The minimum atomic E-state index is 0.322. The Kier molecular flexibility index (Phi) is 5.20. The lowest BCUT2D eigenvalue weighted by Gasteiger charge is -2.02. The lowest BCUT2D eigenvalue weighted by Crippen LogP contribution is -2.16. The predicted octanol–water partition coefficient (Wildman–Crippen LogP) is 3.24. The van der Waals surface area contributed by atoms with Gasteiger partial charge in [-0.15, -0.1) is 0 Å². The topological polar surface area (TPSA) is 32.3 Å². The van der Waals surface area contributed by atoms with E-state index < -0.39 is 0 Å². The van der Waals surface area contributed by atoms with Gasteiger partial charge in [0.15, 0.2) is 0 Å². The molecule has 0 unspecified atom stereocenters. The monoisotopic (exact) mass is 253 g/mol. The number of benzene rings is 2. The van der Waals surface area contributed by atoms with Crippen molar-refractivity contribution in [3.05, 3.63) is 71.8 Å². The van der Waals surface area contributed by atoms with Crippen molar-refractivity contribution >= 4 is 6.08 Å². The number of rotatable bonds is 6. The Hall–Kier alpha value is -2.06. The minimum absolute atomic E-state index is 0.322. The molecule has 0 aliphatic heterocycles. The maximum absolute atomic E-state index is 9.18. The number of nitrogens with one attached hydrogen (secondary N) is 1. The van der Waals surface area contributed by atoms with E-state index in [2.05, 4.69) is 29.6 Å². The van der Waals surface area contributed by atoms with Crippen molar-refractivity contribution < 1.29 is 5.11 Å². The third-order valence-corrected chi connectivity index (χ3v) is 2.90. The third kappa shape index (κ3) is 4.98. The molecule has 2 heteroatoms. The first-order valence-corrected chi connectivity index (χ1v) is 6.55. The van der Waals surface area contributed by atoms with E-state index in [0.29, 0.717) is 5.75 Å². The highest BCUT2D eigenvalue weighted by atomic mass is 16.3. The van der Waals surface area contributed by atoms with Crippen LogP contribution < -0.4 is 5.32 Å². The quantitative estimate of drug-likeness (QED) is 0.775. The molecule has 0 amide bonds. The van der Waals surface area contributed by atoms with E-state index in [1.165, 1.54) is 11.1 Å². The van der Waals surface area contributed by atoms with E-state index in [1.807, 2.05) is 30.3 Å². The van der Waals surface area contributed by atoms with E-state index in [4.69, 9.17) is 0 Å². The SMILES string of the molecule is Oc1ccc(CCNCC=Cc2ccccc2)cc1. The van der Waals surface area contributed by atoms with Gasteiger partial charge < -0.3 is 10.4 Å². The first-order chi connectivity index (χ1) is 9.34. The first-order valence-electron chi connectivity index (χ1n) is 6.55. The lowest BCUT2D eigenvalue weighted by molar-refractivity contribution is 0.475. The van der Waals surface area contributed by atoms with Crippen LogP contribution in [0, 0.1) is 0 Å². The van der Waals surface area contributed by atoms with Gasteiger partial charge in [-0.25, -0.2) is 0 Å². The average Bonchev–Trinajstić information content (AvgIpc) is 2.46. The fourth-order valence-corrected chi connectivity index (χ4v) is 1.84. The van der Waals surface area contributed by atoms with Crippen molar-refractivity contribution in [2.45, 2.75) is 6.42 Å². The van der Waals surface area contributed by atoms with Crippen LogP contribution in [0.5, 0.6) is 5.75 Å². The van der Waals surface area contributed by atoms with Crippen LogP contribution >= 0.6 is 0 Å². The second-order valence-corrected chi connectivity index (χ2v) is 4.43. The van der Waals surface area contributed by atoms with Gasteiger partial charge in [0.25, 0.3) is 0 Å². The zero-order chi connectivity index (χ0) is 13.3. The molecule has 2 nitrogen and oxygen atoms in total. The molecular weight excluding hydrogens is 234 g/mol. The molecular formula is C17H19NO. The van der Waals surface area contributed by atoms with Crippen LogP contribution in [-0.4, -0.2) is 18.2 Å². The largest absolute Gasteiger partial charge is 0.508 e. The average molecular weight is 253 g/mol. The van der Waals surface area contributed by atoms with Crippen molar-refractivity contribution in [3.8, 4) is 5.75 Å². The summed E-state index contributed by atoms with van der Waals surface area (Å²) < 4.78 is 0. The van der Waals surface area contributed by atoms with E-state index in [1.54, 1.807) is 12.1 Å². The van der Waals surface area contributed by atoms with E-state index in [9.17, 15) is 5.11 Å². The maximum Gasteiger partial charge on any atom is 0.115 e. The standard InChI is InChI=1S/C17H19NO/c19-17-10-8-16(9-11-17)12-14-18-13-4-7-15-5-2-1-3-6-15/h1-11,18-19H,12-14H2. The summed E-state index contributed by atoms with van der Waals surface area (Å²) in [6.45, 7) is 1.80. The second-order valence-electron chi connectivity index (χ2n) is 4.43. The Morgan fingerprint density at radius 1 is 0.947 bits per heavy atom. The van der Waals surface area contributed by atoms with Gasteiger partial charge in [-0.05, 0) is 36.2 Å². The van der Waals surface area contributed by atoms with Gasteiger partial charge >= 0.3 is 0 Å². The molecule has 0 heterocycles. The minimum Gasteiger partial charge on any atom is -0.508 e. The van der Waals surface area contributed by atoms with Crippen LogP contribution in [0.1, 0.15) is 11.1 Å². The smallest absolute Gasteiger partial charge is 0.115 e. The molecule has 19 heavy (non-hydrogen) atoms. The van der Waals surface area contributed by atoms with Crippen molar-refractivity contribution in [2.24, 2.45) is 0 Å². The van der Waals surface area contributed by atoms with Gasteiger partial charge in [-0.3, -0.25) is 0 Å². The molecule has 2 aromatic rings. The van der Waals surface area contributed by atoms with Crippen LogP contribution in [0.2, 0.25) is 0 Å². The summed E-state index contributed by atoms with van der Waals surface area (Å²) in [6, 6.07) is 17.6. The summed E-state index contributed by atoms with van der Waals surface area (Å²) in [5.74, 6) is 0.322. The van der Waals surface area contributed by atoms with Gasteiger partial charge in [0.2, 0.25) is 0 Å². The molecule has 0 bridgehead atoms. The molecule has 0 aliphatic rings. The van der Waals surface area contributed by atoms with Crippen LogP contribution in [0.3, 0.4) is 0 Å². The summed E-state index contributed by atoms with van der Waals surface area (Å²) in [5, 5.41) is 12.6. The van der Waals surface area contributed by atoms with Crippen LogP contribution in [-0.2, 0) is 6.42 Å². The Bertz CT molecular complexity index is 503. The molecule has 2 rings (SSSR count). The molecule has 0 aliphatic carbocycles. The number of hydrogen-bond donors (Lipinski definition) is 2. The van der Waals surface area contributed by atoms with Crippen LogP contribution in [0.15, 0.2) is 60.7 Å². The third-order valence-electron chi connectivity index (χ3n) is 2.90. The van der Waals surface area contributed by atoms with Crippen molar-refractivity contribution in [3.63, 3.8) is 0 Å². The van der Waals surface area contributed by atoms with Crippen molar-refractivity contribution in [2.75, 3.05) is 13.1 Å². The van der Waals surface area contributed by atoms with Crippen molar-refractivity contribution in [1.82, 2.24) is 5.32 Å². The van der Waals surface area contributed by atoms with Gasteiger partial charge in [-0.2, -0.15) is 0 Å². The highest BCUT2D eigenvalue weighted by molar-refractivity contribution is 5.48. The Labute approximate surface area is 114 Å². The zero-order valence-electron chi connectivity index (χ0n) is 10.9. The highest BCUT2D eigenvalue weighted by Crippen LogP contribution is 2.09. The molecule has 0 spiro atoms.